The van der Waals surface area contributed by atoms with Gasteiger partial charge >= 0.3 is 11.9 Å². The number of hydrogen-bond donors (Lipinski definition) is 2. The van der Waals surface area contributed by atoms with Crippen molar-refractivity contribution < 1.29 is 24.6 Å². The molecule has 0 bridgehead atoms. The fourth-order valence-corrected chi connectivity index (χ4v) is 5.04. The van der Waals surface area contributed by atoms with Crippen molar-refractivity contribution in [2.24, 2.45) is 11.8 Å². The third-order valence-corrected chi connectivity index (χ3v) is 6.34. The van der Waals surface area contributed by atoms with Crippen molar-refractivity contribution in [1.29, 1.82) is 0 Å². The molecule has 2 aromatic carbocycles. The Morgan fingerprint density at radius 1 is 0.769 bits per heavy atom. The summed E-state index contributed by atoms with van der Waals surface area (Å²) in [4.78, 5) is 36.8. The lowest BCUT2D eigenvalue weighted by atomic mass is 9.52. The maximum atomic E-state index is 13.2. The van der Waals surface area contributed by atoms with Gasteiger partial charge in [0.2, 0.25) is 0 Å². The second kappa shape index (κ2) is 6.03. The first-order valence-electron chi connectivity index (χ1n) is 7.90. The molecule has 0 spiro atoms. The normalized spacial score (nSPS) is 26.0. The monoisotopic (exact) mass is 478 g/mol. The summed E-state index contributed by atoms with van der Waals surface area (Å²) in [7, 11) is 0. The van der Waals surface area contributed by atoms with Crippen molar-refractivity contribution in [1.82, 2.24) is 0 Å². The molecule has 2 aliphatic rings. The summed E-state index contributed by atoms with van der Waals surface area (Å²) in [6, 6.07) is 10.3. The highest BCUT2D eigenvalue weighted by atomic mass is 79.9. The molecule has 1 saturated carbocycles. The van der Waals surface area contributed by atoms with Crippen LogP contribution in [0.15, 0.2) is 45.3 Å². The van der Waals surface area contributed by atoms with Gasteiger partial charge in [0.05, 0.1) is 11.8 Å². The van der Waals surface area contributed by atoms with E-state index >= 15 is 0 Å². The minimum atomic E-state index is -1.15. The van der Waals surface area contributed by atoms with Crippen molar-refractivity contribution in [3.05, 3.63) is 67.6 Å². The van der Waals surface area contributed by atoms with Gasteiger partial charge in [-0.2, -0.15) is 0 Å². The van der Waals surface area contributed by atoms with Gasteiger partial charge in [0.1, 0.15) is 0 Å². The van der Waals surface area contributed by atoms with Crippen LogP contribution in [0, 0.1) is 11.8 Å². The van der Waals surface area contributed by atoms with E-state index in [9.17, 15) is 24.6 Å². The molecule has 0 aliphatic heterocycles. The molecule has 7 heteroatoms. The van der Waals surface area contributed by atoms with Gasteiger partial charge in [-0.05, 0) is 35.4 Å². The Hall–Kier alpha value is -1.99. The van der Waals surface area contributed by atoms with Crippen LogP contribution >= 0.6 is 31.9 Å². The molecule has 4 atom stereocenters. The van der Waals surface area contributed by atoms with Crippen molar-refractivity contribution in [2.45, 2.75) is 11.8 Å². The first-order valence-corrected chi connectivity index (χ1v) is 9.49. The van der Waals surface area contributed by atoms with Gasteiger partial charge < -0.3 is 10.2 Å². The number of halogens is 2. The first-order chi connectivity index (χ1) is 12.3. The maximum Gasteiger partial charge on any atom is 0.308 e. The van der Waals surface area contributed by atoms with Gasteiger partial charge in [0.15, 0.2) is 5.78 Å². The fourth-order valence-electron chi connectivity index (χ4n) is 4.31. The van der Waals surface area contributed by atoms with E-state index in [1.54, 1.807) is 36.4 Å². The predicted octanol–water partition coefficient (Wildman–Crippen LogP) is 4.04. The molecule has 0 heterocycles. The molecule has 0 amide bonds. The molecule has 1 fully saturated rings. The van der Waals surface area contributed by atoms with Gasteiger partial charge in [-0.1, -0.05) is 44.0 Å². The standard InChI is InChI=1S/C19H12Br2O5/c20-7-1-3-9-11(5-7)17(22)12-6-8(21)2-4-10(12)14-13(9)15(18(23)24)16(14)19(25)26/h1-6,13-16H,(H,23,24)(H,25,26)/t13-,14+,15-,16?/m0/s1. The van der Waals surface area contributed by atoms with Crippen LogP contribution in [0.5, 0.6) is 0 Å². The predicted molar refractivity (Wildman–Crippen MR) is 99.5 cm³/mol. The van der Waals surface area contributed by atoms with Crippen LogP contribution < -0.4 is 0 Å². The minimum absolute atomic E-state index is 0.222. The molecule has 5 nitrogen and oxygen atoms in total. The number of fused-ring (bicyclic) bond motifs is 5. The number of hydrogen-bond acceptors (Lipinski definition) is 3. The lowest BCUT2D eigenvalue weighted by Crippen LogP contribution is -2.51. The van der Waals surface area contributed by atoms with Crippen LogP contribution in [-0.4, -0.2) is 27.9 Å². The molecule has 1 unspecified atom stereocenters. The number of carboxylic acids is 2. The molecule has 132 valence electrons. The summed E-state index contributed by atoms with van der Waals surface area (Å²) in [6.45, 7) is 0. The number of ketones is 1. The highest BCUT2D eigenvalue weighted by molar-refractivity contribution is 9.10. The second-order valence-electron chi connectivity index (χ2n) is 6.57. The summed E-state index contributed by atoms with van der Waals surface area (Å²) in [5.41, 5.74) is 2.03. The number of rotatable bonds is 2. The molecule has 26 heavy (non-hydrogen) atoms. The van der Waals surface area contributed by atoms with E-state index in [2.05, 4.69) is 31.9 Å². The average molecular weight is 480 g/mol. The summed E-state index contributed by atoms with van der Waals surface area (Å²) in [5.74, 6) is -5.77. The number of benzene rings is 2. The van der Waals surface area contributed by atoms with E-state index < -0.39 is 35.6 Å². The van der Waals surface area contributed by atoms with E-state index in [0.29, 0.717) is 31.2 Å². The van der Waals surface area contributed by atoms with E-state index in [0.717, 1.165) is 0 Å². The molecule has 0 aromatic heterocycles. The number of carbonyl (C=O) groups is 3. The van der Waals surface area contributed by atoms with Crippen LogP contribution in [0.4, 0.5) is 0 Å². The molecule has 2 N–H and O–H groups in total. The largest absolute Gasteiger partial charge is 0.481 e. The Bertz CT molecular complexity index is 906. The van der Waals surface area contributed by atoms with Crippen LogP contribution in [0.25, 0.3) is 0 Å². The molecular weight excluding hydrogens is 468 g/mol. The highest BCUT2D eigenvalue weighted by Gasteiger charge is 2.60. The van der Waals surface area contributed by atoms with Gasteiger partial charge in [-0.25, -0.2) is 0 Å². The summed E-state index contributed by atoms with van der Waals surface area (Å²) in [5, 5.41) is 19.3. The fraction of sp³-hybridized carbons (Fsp3) is 0.211. The van der Waals surface area contributed by atoms with Crippen LogP contribution in [0.1, 0.15) is 38.9 Å². The third-order valence-electron chi connectivity index (χ3n) is 5.36. The molecule has 0 saturated heterocycles. The highest BCUT2D eigenvalue weighted by Crippen LogP contribution is 2.60. The second-order valence-corrected chi connectivity index (χ2v) is 8.40. The number of aliphatic carboxylic acids is 2. The maximum absolute atomic E-state index is 13.2. The molecular formula is C19H12Br2O5. The lowest BCUT2D eigenvalue weighted by molar-refractivity contribution is -0.164. The SMILES string of the molecule is O=C1c2cc(Br)ccc2[C@@H]2[C@H](C(=O)O)C(C(=O)O)[C@@H]2c2ccc(Br)cc21. The van der Waals surface area contributed by atoms with E-state index in [-0.39, 0.29) is 5.78 Å². The van der Waals surface area contributed by atoms with Gasteiger partial charge in [-0.3, -0.25) is 14.4 Å². The minimum Gasteiger partial charge on any atom is -0.481 e. The summed E-state index contributed by atoms with van der Waals surface area (Å²) >= 11 is 6.72. The Morgan fingerprint density at radius 2 is 1.15 bits per heavy atom. The average Bonchev–Trinajstić information content (AvgIpc) is 2.61. The molecule has 0 radical (unpaired) electrons. The number of carboxylic acid groups (broad SMARTS) is 2. The van der Waals surface area contributed by atoms with Crippen molar-refractivity contribution >= 4 is 49.6 Å². The quantitative estimate of drug-likeness (QED) is 0.678. The van der Waals surface area contributed by atoms with Crippen molar-refractivity contribution in [3.8, 4) is 0 Å². The van der Waals surface area contributed by atoms with Gasteiger partial charge in [0, 0.05) is 31.9 Å². The van der Waals surface area contributed by atoms with E-state index in [1.807, 2.05) is 0 Å². The lowest BCUT2D eigenvalue weighted by Gasteiger charge is -2.48. The van der Waals surface area contributed by atoms with E-state index in [4.69, 9.17) is 0 Å². The van der Waals surface area contributed by atoms with Crippen molar-refractivity contribution in [3.63, 3.8) is 0 Å². The van der Waals surface area contributed by atoms with Crippen molar-refractivity contribution in [2.75, 3.05) is 0 Å². The third kappa shape index (κ3) is 2.37. The Labute approximate surface area is 165 Å². The smallest absolute Gasteiger partial charge is 0.308 e. The molecule has 2 aromatic rings. The zero-order chi connectivity index (χ0) is 18.7. The molecule has 2 aliphatic carbocycles. The summed E-state index contributed by atoms with van der Waals surface area (Å²) < 4.78 is 1.42. The van der Waals surface area contributed by atoms with Gasteiger partial charge in [-0.15, -0.1) is 0 Å². The van der Waals surface area contributed by atoms with Gasteiger partial charge in [0.25, 0.3) is 0 Å². The summed E-state index contributed by atoms with van der Waals surface area (Å²) in [6.07, 6.45) is 0. The Kier molecular flexibility index (Phi) is 4.04. The molecule has 4 rings (SSSR count). The first kappa shape index (κ1) is 17.4. The topological polar surface area (TPSA) is 91.7 Å². The van der Waals surface area contributed by atoms with Crippen LogP contribution in [0.3, 0.4) is 0 Å². The van der Waals surface area contributed by atoms with Crippen LogP contribution in [0.2, 0.25) is 0 Å². The number of carbonyl (C=O) groups excluding carboxylic acids is 1. The van der Waals surface area contributed by atoms with Crippen LogP contribution in [-0.2, 0) is 9.59 Å². The van der Waals surface area contributed by atoms with E-state index in [1.165, 1.54) is 0 Å². The Balaban J connectivity index is 2.03. The Morgan fingerprint density at radius 3 is 1.50 bits per heavy atom. The zero-order valence-corrected chi connectivity index (χ0v) is 16.3. The zero-order valence-electron chi connectivity index (χ0n) is 13.1.